The molecule has 0 aliphatic heterocycles. The van der Waals surface area contributed by atoms with Crippen LogP contribution in [0, 0.1) is 0 Å². The number of aliphatic carboxylic acids is 1. The first-order valence-electron chi connectivity index (χ1n) is 18.5. The molecule has 0 fully saturated rings. The van der Waals surface area contributed by atoms with Gasteiger partial charge in [0, 0.05) is 36.4 Å². The number of hydrogen-bond acceptors (Lipinski definition) is 11. The van der Waals surface area contributed by atoms with E-state index < -0.39 is 50.0 Å². The lowest BCUT2D eigenvalue weighted by Crippen LogP contribution is -2.56. The molecular formula is C42H53N5O9S. The van der Waals surface area contributed by atoms with Crippen molar-refractivity contribution >= 4 is 56.0 Å². The Hall–Kier alpha value is -5.54. The minimum Gasteiger partial charge on any atom is -0.479 e. The van der Waals surface area contributed by atoms with Crippen LogP contribution in [-0.2, 0) is 41.9 Å². The molecule has 3 amide bonds. The summed E-state index contributed by atoms with van der Waals surface area (Å²) in [7, 11) is -3.65. The lowest BCUT2D eigenvalue weighted by molar-refractivity contribution is -0.139. The number of carboxylic acid groups (broad SMARTS) is 1. The van der Waals surface area contributed by atoms with Gasteiger partial charge in [-0.3, -0.25) is 14.8 Å². The number of carbonyl (C=O) groups is 4. The summed E-state index contributed by atoms with van der Waals surface area (Å²) >= 11 is 0. The SMILES string of the molecule is CC(C)(C)OC(=O)N(C(=O)OC(C)(C)C)N(c1ccc2cnccc2c1)C(C(=O)O)c1ccc(CCCC(=O)Nc2ccc(S(=O)(=O)C(C)(C)C)c(CN)c2)cc1. The van der Waals surface area contributed by atoms with Crippen molar-refractivity contribution in [2.45, 2.75) is 115 Å². The summed E-state index contributed by atoms with van der Waals surface area (Å²) in [6.07, 6.45) is 1.98. The molecule has 1 aromatic heterocycles. The number of ether oxygens (including phenoxy) is 2. The van der Waals surface area contributed by atoms with E-state index in [1.165, 1.54) is 6.07 Å². The maximum absolute atomic E-state index is 13.9. The van der Waals surface area contributed by atoms with Crippen LogP contribution in [0.25, 0.3) is 10.8 Å². The molecule has 0 aliphatic rings. The Labute approximate surface area is 334 Å². The predicted molar refractivity (Wildman–Crippen MR) is 218 cm³/mol. The lowest BCUT2D eigenvalue weighted by Gasteiger charge is -2.39. The Kier molecular flexibility index (Phi) is 13.4. The van der Waals surface area contributed by atoms with Gasteiger partial charge in [0.1, 0.15) is 11.2 Å². The molecule has 0 bridgehead atoms. The Bertz CT molecular complexity index is 2190. The van der Waals surface area contributed by atoms with Crippen molar-refractivity contribution in [2.75, 3.05) is 10.3 Å². The fraction of sp³-hybridized carbons (Fsp3) is 0.405. The van der Waals surface area contributed by atoms with Crippen LogP contribution in [0.2, 0.25) is 0 Å². The second-order valence-corrected chi connectivity index (χ2v) is 19.2. The molecule has 1 unspecified atom stereocenters. The molecule has 0 aliphatic carbocycles. The Balaban J connectivity index is 1.61. The number of nitrogens with two attached hydrogens (primary N) is 1. The number of rotatable bonds is 12. The highest BCUT2D eigenvalue weighted by molar-refractivity contribution is 7.92. The summed E-state index contributed by atoms with van der Waals surface area (Å²) < 4.78 is 36.3. The van der Waals surface area contributed by atoms with E-state index in [0.717, 1.165) is 16.0 Å². The fourth-order valence-electron chi connectivity index (χ4n) is 5.79. The van der Waals surface area contributed by atoms with Gasteiger partial charge in [-0.15, -0.1) is 5.01 Å². The molecule has 0 saturated carbocycles. The predicted octanol–water partition coefficient (Wildman–Crippen LogP) is 7.95. The van der Waals surface area contributed by atoms with E-state index in [-0.39, 0.29) is 35.0 Å². The van der Waals surface area contributed by atoms with Crippen molar-refractivity contribution in [2.24, 2.45) is 5.73 Å². The monoisotopic (exact) mass is 803 g/mol. The van der Waals surface area contributed by atoms with Gasteiger partial charge in [-0.05, 0) is 134 Å². The smallest absolute Gasteiger partial charge is 0.439 e. The third-order valence-electron chi connectivity index (χ3n) is 8.54. The van der Waals surface area contributed by atoms with Crippen LogP contribution < -0.4 is 16.1 Å². The third-order valence-corrected chi connectivity index (χ3v) is 11.1. The molecule has 3 aromatic carbocycles. The van der Waals surface area contributed by atoms with E-state index in [4.69, 9.17) is 15.2 Å². The molecule has 14 nitrogen and oxygen atoms in total. The zero-order chi connectivity index (χ0) is 42.5. The summed E-state index contributed by atoms with van der Waals surface area (Å²) in [6, 6.07) is 16.2. The van der Waals surface area contributed by atoms with Crippen LogP contribution in [0.5, 0.6) is 0 Å². The van der Waals surface area contributed by atoms with Crippen LogP contribution in [0.3, 0.4) is 0 Å². The normalized spacial score (nSPS) is 12.7. The van der Waals surface area contributed by atoms with Gasteiger partial charge in [0.25, 0.3) is 0 Å². The van der Waals surface area contributed by atoms with E-state index in [2.05, 4.69) is 10.3 Å². The molecule has 1 heterocycles. The first-order valence-corrected chi connectivity index (χ1v) is 20.0. The van der Waals surface area contributed by atoms with Crippen LogP contribution in [0.4, 0.5) is 21.0 Å². The van der Waals surface area contributed by atoms with E-state index in [1.807, 2.05) is 0 Å². The first-order chi connectivity index (χ1) is 26.4. The van der Waals surface area contributed by atoms with Crippen molar-refractivity contribution in [3.63, 3.8) is 0 Å². The average Bonchev–Trinajstić information content (AvgIpc) is 3.09. The van der Waals surface area contributed by atoms with Gasteiger partial charge in [-0.25, -0.2) is 22.8 Å². The number of benzene rings is 3. The van der Waals surface area contributed by atoms with Crippen molar-refractivity contribution in [3.05, 3.63) is 95.8 Å². The van der Waals surface area contributed by atoms with Gasteiger partial charge in [0.15, 0.2) is 15.9 Å². The van der Waals surface area contributed by atoms with Gasteiger partial charge in [-0.2, -0.15) is 0 Å². The summed E-state index contributed by atoms with van der Waals surface area (Å²) in [5, 5.41) is 16.7. The third kappa shape index (κ3) is 11.3. The lowest BCUT2D eigenvalue weighted by atomic mass is 10.0. The minimum absolute atomic E-state index is 0.0230. The minimum atomic E-state index is -3.65. The fourth-order valence-corrected chi connectivity index (χ4v) is 7.19. The zero-order valence-corrected chi connectivity index (χ0v) is 34.8. The van der Waals surface area contributed by atoms with Crippen LogP contribution >= 0.6 is 0 Å². The second kappa shape index (κ2) is 17.3. The highest BCUT2D eigenvalue weighted by Gasteiger charge is 2.43. The van der Waals surface area contributed by atoms with E-state index in [9.17, 15) is 32.7 Å². The number of aromatic nitrogens is 1. The maximum atomic E-state index is 13.9. The molecule has 4 rings (SSSR count). The second-order valence-electron chi connectivity index (χ2n) is 16.6. The highest BCUT2D eigenvalue weighted by atomic mass is 32.2. The van der Waals surface area contributed by atoms with Crippen molar-refractivity contribution in [3.8, 4) is 0 Å². The molecule has 0 spiro atoms. The molecular weight excluding hydrogens is 751 g/mol. The van der Waals surface area contributed by atoms with Gasteiger partial charge < -0.3 is 25.6 Å². The number of amides is 3. The molecule has 15 heteroatoms. The van der Waals surface area contributed by atoms with Crippen LogP contribution in [0.15, 0.2) is 84.0 Å². The summed E-state index contributed by atoms with van der Waals surface area (Å²) in [5.41, 5.74) is 5.83. The van der Waals surface area contributed by atoms with Crippen molar-refractivity contribution in [1.82, 2.24) is 9.99 Å². The number of hydrogen-bond donors (Lipinski definition) is 3. The molecule has 4 aromatic rings. The number of sulfone groups is 1. The molecule has 1 atom stereocenters. The number of carboxylic acids is 1. The van der Waals surface area contributed by atoms with Gasteiger partial charge >= 0.3 is 18.2 Å². The van der Waals surface area contributed by atoms with Gasteiger partial charge in [0.05, 0.1) is 15.3 Å². The topological polar surface area (TPSA) is 199 Å². The number of pyridine rings is 1. The highest BCUT2D eigenvalue weighted by Crippen LogP contribution is 2.34. The zero-order valence-electron chi connectivity index (χ0n) is 34.0. The number of anilines is 2. The molecule has 306 valence electrons. The quantitative estimate of drug-likeness (QED) is 0.117. The number of aryl methyl sites for hydroxylation is 1. The number of carbonyl (C=O) groups excluding carboxylic acids is 3. The van der Waals surface area contributed by atoms with E-state index in [1.54, 1.807) is 135 Å². The number of imide groups is 1. The van der Waals surface area contributed by atoms with Crippen molar-refractivity contribution < 1.29 is 42.2 Å². The van der Waals surface area contributed by atoms with Crippen LogP contribution in [0.1, 0.15) is 97.9 Å². The maximum Gasteiger partial charge on any atom is 0.439 e. The number of hydrazine groups is 1. The average molecular weight is 804 g/mol. The molecule has 0 saturated heterocycles. The number of fused-ring (bicyclic) bond motifs is 1. The standard InChI is InChI=1S/C42H53N5O9S/c1-40(2,3)55-38(51)47(39(52)56-41(4,5)6)46(33-19-17-30-26-44-22-21-29(30)24-33)36(37(49)50)28-15-13-27(14-16-28)11-10-12-35(48)45-32-18-20-34(31(23-32)25-43)57(53,54)42(7,8)9/h13-24,26,36H,10-12,25,43H2,1-9H3,(H,45,48)(H,49,50). The van der Waals surface area contributed by atoms with E-state index >= 15 is 0 Å². The van der Waals surface area contributed by atoms with Crippen LogP contribution in [-0.4, -0.2) is 63.5 Å². The summed E-state index contributed by atoms with van der Waals surface area (Å²) in [5.74, 6) is -1.65. The van der Waals surface area contributed by atoms with Gasteiger partial charge in [0.2, 0.25) is 5.91 Å². The molecule has 57 heavy (non-hydrogen) atoms. The van der Waals surface area contributed by atoms with E-state index in [0.29, 0.717) is 34.5 Å². The largest absolute Gasteiger partial charge is 0.479 e. The van der Waals surface area contributed by atoms with Gasteiger partial charge in [-0.1, -0.05) is 30.3 Å². The summed E-state index contributed by atoms with van der Waals surface area (Å²) in [6.45, 7) is 14.6. The Morgan fingerprint density at radius 3 is 1.98 bits per heavy atom. The number of nitrogens with zero attached hydrogens (tertiary/aromatic N) is 3. The summed E-state index contributed by atoms with van der Waals surface area (Å²) in [4.78, 5) is 58.2. The Morgan fingerprint density at radius 2 is 1.44 bits per heavy atom. The molecule has 4 N–H and O–H groups in total. The number of nitrogens with one attached hydrogen (secondary N) is 1. The molecule has 0 radical (unpaired) electrons. The first kappa shape index (κ1) is 44.2. The Morgan fingerprint density at radius 1 is 0.825 bits per heavy atom. The van der Waals surface area contributed by atoms with Crippen molar-refractivity contribution in [1.29, 1.82) is 0 Å².